The first-order valence-corrected chi connectivity index (χ1v) is 6.70. The Hall–Kier alpha value is -0.870. The van der Waals surface area contributed by atoms with Gasteiger partial charge >= 0.3 is 0 Å². The van der Waals surface area contributed by atoms with Crippen molar-refractivity contribution in [2.45, 2.75) is 39.3 Å². The predicted molar refractivity (Wildman–Crippen MR) is 69.7 cm³/mol. The number of aromatic nitrogens is 2. The van der Waals surface area contributed by atoms with Gasteiger partial charge in [-0.15, -0.1) is 0 Å². The number of H-pyrrole nitrogens is 1. The third-order valence-corrected chi connectivity index (χ3v) is 3.58. The number of nitrogens with zero attached hydrogens (tertiary/aromatic N) is 2. The Morgan fingerprint density at radius 1 is 1.41 bits per heavy atom. The van der Waals surface area contributed by atoms with Crippen molar-refractivity contribution >= 4 is 0 Å². The summed E-state index contributed by atoms with van der Waals surface area (Å²) in [5.41, 5.74) is 0. The molecule has 1 fully saturated rings. The largest absolute Gasteiger partial charge is 0.348 e. The second-order valence-electron chi connectivity index (χ2n) is 5.22. The van der Waals surface area contributed by atoms with Crippen molar-refractivity contribution in [2.24, 2.45) is 5.92 Å². The molecule has 4 nitrogen and oxygen atoms in total. The van der Waals surface area contributed by atoms with E-state index in [0.717, 1.165) is 18.9 Å². The Bertz CT molecular complexity index is 301. The smallest absolute Gasteiger partial charge is 0.120 e. The van der Waals surface area contributed by atoms with Gasteiger partial charge in [0.2, 0.25) is 0 Å². The summed E-state index contributed by atoms with van der Waals surface area (Å²) >= 11 is 0. The summed E-state index contributed by atoms with van der Waals surface area (Å²) in [6.45, 7) is 9.06. The minimum atomic E-state index is 0.660. The third kappa shape index (κ3) is 3.54. The Morgan fingerprint density at radius 3 is 2.76 bits per heavy atom. The number of rotatable bonds is 6. The van der Waals surface area contributed by atoms with E-state index in [0.29, 0.717) is 12.0 Å². The normalized spacial score (nSPS) is 19.0. The van der Waals surface area contributed by atoms with E-state index >= 15 is 0 Å². The van der Waals surface area contributed by atoms with Gasteiger partial charge in [0, 0.05) is 25.0 Å². The van der Waals surface area contributed by atoms with E-state index in [1.165, 1.54) is 25.9 Å². The van der Waals surface area contributed by atoms with E-state index in [2.05, 4.69) is 34.0 Å². The summed E-state index contributed by atoms with van der Waals surface area (Å²) in [5, 5.41) is 3.51. The first kappa shape index (κ1) is 12.6. The average molecular weight is 236 g/mol. The quantitative estimate of drug-likeness (QED) is 0.789. The topological polar surface area (TPSA) is 44.0 Å². The van der Waals surface area contributed by atoms with Gasteiger partial charge in [-0.3, -0.25) is 4.90 Å². The van der Waals surface area contributed by atoms with Crippen molar-refractivity contribution in [2.75, 3.05) is 19.6 Å². The first-order valence-electron chi connectivity index (χ1n) is 6.70. The second-order valence-corrected chi connectivity index (χ2v) is 5.22. The van der Waals surface area contributed by atoms with E-state index in [1.54, 1.807) is 6.20 Å². The molecule has 96 valence electrons. The lowest BCUT2D eigenvalue weighted by Crippen LogP contribution is -2.44. The predicted octanol–water partition coefficient (Wildman–Crippen LogP) is 1.62. The SMILES string of the molecule is CC(C)C(CNCc1ncc[nH]1)N1CCCC1. The maximum Gasteiger partial charge on any atom is 0.120 e. The molecule has 1 saturated heterocycles. The first-order chi connectivity index (χ1) is 8.27. The fraction of sp³-hybridized carbons (Fsp3) is 0.769. The zero-order valence-electron chi connectivity index (χ0n) is 10.9. The van der Waals surface area contributed by atoms with Crippen LogP contribution in [0.5, 0.6) is 0 Å². The number of hydrogen-bond acceptors (Lipinski definition) is 3. The van der Waals surface area contributed by atoms with Crippen LogP contribution in [-0.2, 0) is 6.54 Å². The molecule has 0 amide bonds. The number of aromatic amines is 1. The molecule has 0 aromatic carbocycles. The Morgan fingerprint density at radius 2 is 2.18 bits per heavy atom. The monoisotopic (exact) mass is 236 g/mol. The highest BCUT2D eigenvalue weighted by atomic mass is 15.2. The molecular formula is C13H24N4. The van der Waals surface area contributed by atoms with Crippen LogP contribution in [0.1, 0.15) is 32.5 Å². The van der Waals surface area contributed by atoms with Crippen LogP contribution in [0.2, 0.25) is 0 Å². The maximum atomic E-state index is 4.22. The van der Waals surface area contributed by atoms with Crippen molar-refractivity contribution in [3.05, 3.63) is 18.2 Å². The van der Waals surface area contributed by atoms with E-state index < -0.39 is 0 Å². The molecule has 1 aliphatic heterocycles. The Labute approximate surface area is 104 Å². The number of imidazole rings is 1. The fourth-order valence-corrected chi connectivity index (χ4v) is 2.59. The molecule has 0 aliphatic carbocycles. The molecular weight excluding hydrogens is 212 g/mol. The van der Waals surface area contributed by atoms with Gasteiger partial charge in [-0.25, -0.2) is 4.98 Å². The molecule has 0 radical (unpaired) electrons. The standard InChI is InChI=1S/C13H24N4/c1-11(2)12(17-7-3-4-8-17)9-14-10-13-15-5-6-16-13/h5-6,11-12,14H,3-4,7-10H2,1-2H3,(H,15,16). The molecule has 0 saturated carbocycles. The summed E-state index contributed by atoms with van der Waals surface area (Å²) in [4.78, 5) is 9.97. The summed E-state index contributed by atoms with van der Waals surface area (Å²) in [6.07, 6.45) is 6.40. The highest BCUT2D eigenvalue weighted by Crippen LogP contribution is 2.17. The van der Waals surface area contributed by atoms with E-state index in [4.69, 9.17) is 0 Å². The van der Waals surface area contributed by atoms with Gasteiger partial charge in [0.1, 0.15) is 5.82 Å². The summed E-state index contributed by atoms with van der Waals surface area (Å²) in [7, 11) is 0. The van der Waals surface area contributed by atoms with Crippen LogP contribution in [0.25, 0.3) is 0 Å². The van der Waals surface area contributed by atoms with Gasteiger partial charge in [-0.05, 0) is 31.8 Å². The van der Waals surface area contributed by atoms with E-state index in [-0.39, 0.29) is 0 Å². The molecule has 1 aromatic heterocycles. The van der Waals surface area contributed by atoms with Crippen molar-refractivity contribution in [3.8, 4) is 0 Å². The molecule has 2 rings (SSSR count). The molecule has 1 aromatic rings. The fourth-order valence-electron chi connectivity index (χ4n) is 2.59. The van der Waals surface area contributed by atoms with Gasteiger partial charge < -0.3 is 10.3 Å². The highest BCUT2D eigenvalue weighted by molar-refractivity contribution is 4.87. The summed E-state index contributed by atoms with van der Waals surface area (Å²) in [6, 6.07) is 0.660. The molecule has 4 heteroatoms. The molecule has 0 bridgehead atoms. The molecule has 2 heterocycles. The third-order valence-electron chi connectivity index (χ3n) is 3.58. The molecule has 2 N–H and O–H groups in total. The number of hydrogen-bond donors (Lipinski definition) is 2. The Kier molecular flexibility index (Phi) is 4.57. The Balaban J connectivity index is 1.77. The van der Waals surface area contributed by atoms with Crippen LogP contribution < -0.4 is 5.32 Å². The van der Waals surface area contributed by atoms with Crippen LogP contribution in [0, 0.1) is 5.92 Å². The minimum absolute atomic E-state index is 0.660. The van der Waals surface area contributed by atoms with E-state index in [1.807, 2.05) is 6.20 Å². The van der Waals surface area contributed by atoms with Crippen LogP contribution in [0.15, 0.2) is 12.4 Å². The lowest BCUT2D eigenvalue weighted by Gasteiger charge is -2.31. The van der Waals surface area contributed by atoms with Gasteiger partial charge in [-0.2, -0.15) is 0 Å². The second kappa shape index (κ2) is 6.17. The van der Waals surface area contributed by atoms with Crippen molar-refractivity contribution in [1.29, 1.82) is 0 Å². The average Bonchev–Trinajstić information content (AvgIpc) is 2.96. The lowest BCUT2D eigenvalue weighted by molar-refractivity contribution is 0.186. The van der Waals surface area contributed by atoms with Gasteiger partial charge in [0.15, 0.2) is 0 Å². The molecule has 1 unspecified atom stereocenters. The molecule has 1 atom stereocenters. The van der Waals surface area contributed by atoms with Gasteiger partial charge in [0.25, 0.3) is 0 Å². The molecule has 17 heavy (non-hydrogen) atoms. The minimum Gasteiger partial charge on any atom is -0.348 e. The van der Waals surface area contributed by atoms with Gasteiger partial charge in [-0.1, -0.05) is 13.8 Å². The highest BCUT2D eigenvalue weighted by Gasteiger charge is 2.23. The van der Waals surface area contributed by atoms with Crippen molar-refractivity contribution in [3.63, 3.8) is 0 Å². The lowest BCUT2D eigenvalue weighted by atomic mass is 10.0. The van der Waals surface area contributed by atoms with Crippen LogP contribution in [0.4, 0.5) is 0 Å². The maximum absolute atomic E-state index is 4.22. The zero-order chi connectivity index (χ0) is 12.1. The van der Waals surface area contributed by atoms with E-state index in [9.17, 15) is 0 Å². The van der Waals surface area contributed by atoms with Crippen LogP contribution >= 0.6 is 0 Å². The summed E-state index contributed by atoms with van der Waals surface area (Å²) < 4.78 is 0. The molecule has 1 aliphatic rings. The van der Waals surface area contributed by atoms with Crippen LogP contribution in [0.3, 0.4) is 0 Å². The van der Waals surface area contributed by atoms with Gasteiger partial charge in [0.05, 0.1) is 6.54 Å². The van der Waals surface area contributed by atoms with Crippen molar-refractivity contribution < 1.29 is 0 Å². The van der Waals surface area contributed by atoms with Crippen LogP contribution in [-0.4, -0.2) is 40.5 Å². The number of likely N-dealkylation sites (tertiary alicyclic amines) is 1. The number of nitrogens with one attached hydrogen (secondary N) is 2. The van der Waals surface area contributed by atoms with Crippen molar-refractivity contribution in [1.82, 2.24) is 20.2 Å². The molecule has 0 spiro atoms. The summed E-state index contributed by atoms with van der Waals surface area (Å²) in [5.74, 6) is 1.73. The zero-order valence-corrected chi connectivity index (χ0v) is 10.9.